The molecule has 8 nitrogen and oxygen atoms in total. The van der Waals surface area contributed by atoms with E-state index < -0.39 is 12.0 Å². The van der Waals surface area contributed by atoms with Crippen molar-refractivity contribution in [3.05, 3.63) is 23.3 Å². The molecule has 1 amide bonds. The summed E-state index contributed by atoms with van der Waals surface area (Å²) in [4.78, 5) is 32.5. The third-order valence-corrected chi connectivity index (χ3v) is 3.85. The van der Waals surface area contributed by atoms with Crippen LogP contribution in [0.4, 0.5) is 0 Å². The van der Waals surface area contributed by atoms with Crippen LogP contribution in [0.15, 0.2) is 6.07 Å². The quantitative estimate of drug-likeness (QED) is 0.799. The zero-order valence-corrected chi connectivity index (χ0v) is 13.4. The van der Waals surface area contributed by atoms with Crippen LogP contribution >= 0.6 is 0 Å². The average Bonchev–Trinajstić information content (AvgIpc) is 3.25. The maximum atomic E-state index is 12.2. The van der Waals surface area contributed by atoms with Gasteiger partial charge in [-0.05, 0) is 38.7 Å². The van der Waals surface area contributed by atoms with Crippen LogP contribution < -0.4 is 5.32 Å². The maximum Gasteiger partial charge on any atom is 0.328 e. The molecule has 1 saturated carbocycles. The first kappa shape index (κ1) is 15.4. The van der Waals surface area contributed by atoms with Gasteiger partial charge in [-0.2, -0.15) is 4.98 Å². The Balaban J connectivity index is 1.72. The van der Waals surface area contributed by atoms with Gasteiger partial charge in [0.25, 0.3) is 5.78 Å². The molecule has 1 aliphatic rings. The number of hydrogen-bond acceptors (Lipinski definition) is 6. The van der Waals surface area contributed by atoms with Crippen molar-refractivity contribution < 1.29 is 14.3 Å². The van der Waals surface area contributed by atoms with Crippen molar-refractivity contribution in [2.24, 2.45) is 5.92 Å². The lowest BCUT2D eigenvalue weighted by Gasteiger charge is -2.14. The Morgan fingerprint density at radius 2 is 2.13 bits per heavy atom. The molecular formula is C15H19N5O3. The standard InChI is InChI=1S/C15H19N5O3/c1-8-6-9(2)20-15(16-8)17-11(19-20)7-12(21)18-13(10-4-5-10)14(22)23-3/h6,10,13H,4-5,7H2,1-3H3,(H,18,21)/t13-/m0/s1. The predicted molar refractivity (Wildman–Crippen MR) is 80.6 cm³/mol. The average molecular weight is 317 g/mol. The van der Waals surface area contributed by atoms with Crippen molar-refractivity contribution in [2.75, 3.05) is 7.11 Å². The van der Waals surface area contributed by atoms with E-state index in [4.69, 9.17) is 4.74 Å². The first-order valence-electron chi connectivity index (χ1n) is 7.55. The molecule has 0 saturated heterocycles. The fraction of sp³-hybridized carbons (Fsp3) is 0.533. The van der Waals surface area contributed by atoms with E-state index in [9.17, 15) is 9.59 Å². The Morgan fingerprint density at radius 3 is 2.78 bits per heavy atom. The molecule has 23 heavy (non-hydrogen) atoms. The second-order valence-corrected chi connectivity index (χ2v) is 5.86. The fourth-order valence-electron chi connectivity index (χ4n) is 2.58. The summed E-state index contributed by atoms with van der Waals surface area (Å²) in [7, 11) is 1.32. The topological polar surface area (TPSA) is 98.5 Å². The van der Waals surface area contributed by atoms with E-state index in [1.54, 1.807) is 4.52 Å². The molecular weight excluding hydrogens is 298 g/mol. The van der Waals surface area contributed by atoms with Crippen LogP contribution in [0.2, 0.25) is 0 Å². The lowest BCUT2D eigenvalue weighted by Crippen LogP contribution is -2.43. The zero-order valence-electron chi connectivity index (χ0n) is 13.4. The van der Waals surface area contributed by atoms with Gasteiger partial charge in [0.05, 0.1) is 13.5 Å². The van der Waals surface area contributed by atoms with Gasteiger partial charge in [-0.25, -0.2) is 14.3 Å². The minimum Gasteiger partial charge on any atom is -0.467 e. The highest BCUT2D eigenvalue weighted by Gasteiger charge is 2.38. The lowest BCUT2D eigenvalue weighted by atomic mass is 10.2. The van der Waals surface area contributed by atoms with E-state index in [1.165, 1.54) is 7.11 Å². The van der Waals surface area contributed by atoms with Crippen LogP contribution in [0.1, 0.15) is 30.1 Å². The Labute approximate surface area is 133 Å². The van der Waals surface area contributed by atoms with E-state index in [-0.39, 0.29) is 18.2 Å². The molecule has 1 fully saturated rings. The van der Waals surface area contributed by atoms with Crippen LogP contribution in [-0.2, 0) is 20.7 Å². The monoisotopic (exact) mass is 317 g/mol. The number of hydrogen-bond donors (Lipinski definition) is 1. The molecule has 2 aromatic rings. The van der Waals surface area contributed by atoms with Gasteiger partial charge in [-0.1, -0.05) is 0 Å². The van der Waals surface area contributed by atoms with Crippen LogP contribution in [0.5, 0.6) is 0 Å². The lowest BCUT2D eigenvalue weighted by molar-refractivity contribution is -0.145. The van der Waals surface area contributed by atoms with Gasteiger partial charge < -0.3 is 10.1 Å². The largest absolute Gasteiger partial charge is 0.467 e. The number of methoxy groups -OCH3 is 1. The zero-order chi connectivity index (χ0) is 16.6. The molecule has 1 atom stereocenters. The van der Waals surface area contributed by atoms with Gasteiger partial charge >= 0.3 is 5.97 Å². The summed E-state index contributed by atoms with van der Waals surface area (Å²) < 4.78 is 6.35. The number of nitrogens with one attached hydrogen (secondary N) is 1. The third kappa shape index (κ3) is 3.30. The molecule has 0 aliphatic heterocycles. The van der Waals surface area contributed by atoms with E-state index in [1.807, 2.05) is 19.9 Å². The van der Waals surface area contributed by atoms with E-state index in [2.05, 4.69) is 20.4 Å². The van der Waals surface area contributed by atoms with Crippen molar-refractivity contribution in [1.29, 1.82) is 0 Å². The van der Waals surface area contributed by atoms with Crippen LogP contribution in [-0.4, -0.2) is 44.6 Å². The third-order valence-electron chi connectivity index (χ3n) is 3.85. The van der Waals surface area contributed by atoms with E-state index >= 15 is 0 Å². The molecule has 0 aromatic carbocycles. The molecule has 8 heteroatoms. The number of fused-ring (bicyclic) bond motifs is 1. The molecule has 2 aromatic heterocycles. The van der Waals surface area contributed by atoms with Crippen molar-refractivity contribution >= 4 is 17.7 Å². The predicted octanol–water partition coefficient (Wildman–Crippen LogP) is 0.351. The molecule has 0 radical (unpaired) electrons. The Kier molecular flexibility index (Phi) is 3.97. The first-order valence-corrected chi connectivity index (χ1v) is 7.55. The second-order valence-electron chi connectivity index (χ2n) is 5.86. The molecule has 1 N–H and O–H groups in total. The van der Waals surface area contributed by atoms with E-state index in [0.717, 1.165) is 24.2 Å². The normalized spacial score (nSPS) is 15.4. The van der Waals surface area contributed by atoms with Crippen LogP contribution in [0.3, 0.4) is 0 Å². The number of nitrogens with zero attached hydrogens (tertiary/aromatic N) is 4. The highest BCUT2D eigenvalue weighted by molar-refractivity contribution is 5.85. The summed E-state index contributed by atoms with van der Waals surface area (Å²) in [5.74, 6) is 0.321. The van der Waals surface area contributed by atoms with Gasteiger partial charge in [-0.15, -0.1) is 5.10 Å². The molecule has 0 spiro atoms. The summed E-state index contributed by atoms with van der Waals surface area (Å²) in [5.41, 5.74) is 1.75. The summed E-state index contributed by atoms with van der Waals surface area (Å²) in [6, 6.07) is 1.32. The van der Waals surface area contributed by atoms with Gasteiger partial charge in [0.15, 0.2) is 5.82 Å². The van der Waals surface area contributed by atoms with Gasteiger partial charge in [0, 0.05) is 11.4 Å². The number of rotatable bonds is 5. The van der Waals surface area contributed by atoms with Crippen molar-refractivity contribution in [3.63, 3.8) is 0 Å². The Bertz CT molecular complexity index is 766. The molecule has 0 unspecified atom stereocenters. The Morgan fingerprint density at radius 1 is 1.39 bits per heavy atom. The highest BCUT2D eigenvalue weighted by atomic mass is 16.5. The van der Waals surface area contributed by atoms with Crippen molar-refractivity contribution in [1.82, 2.24) is 24.9 Å². The van der Waals surface area contributed by atoms with Gasteiger partial charge in [0.2, 0.25) is 5.91 Å². The number of esters is 1. The molecule has 1 aliphatic carbocycles. The smallest absolute Gasteiger partial charge is 0.328 e. The summed E-state index contributed by atoms with van der Waals surface area (Å²) in [6.07, 6.45) is 1.85. The van der Waals surface area contributed by atoms with Gasteiger partial charge in [-0.3, -0.25) is 4.79 Å². The van der Waals surface area contributed by atoms with Gasteiger partial charge in [0.1, 0.15) is 6.04 Å². The number of carbonyl (C=O) groups is 2. The molecule has 3 rings (SSSR count). The number of carbonyl (C=O) groups excluding carboxylic acids is 2. The summed E-state index contributed by atoms with van der Waals surface area (Å²) in [5, 5.41) is 7.02. The molecule has 0 bridgehead atoms. The maximum absolute atomic E-state index is 12.2. The van der Waals surface area contributed by atoms with E-state index in [0.29, 0.717) is 11.6 Å². The number of aromatic nitrogens is 4. The van der Waals surface area contributed by atoms with Crippen molar-refractivity contribution in [3.8, 4) is 0 Å². The number of amides is 1. The summed E-state index contributed by atoms with van der Waals surface area (Å²) >= 11 is 0. The second kappa shape index (κ2) is 5.94. The highest BCUT2D eigenvalue weighted by Crippen LogP contribution is 2.33. The summed E-state index contributed by atoms with van der Waals surface area (Å²) in [6.45, 7) is 3.78. The number of aryl methyl sites for hydroxylation is 2. The minimum atomic E-state index is -0.577. The van der Waals surface area contributed by atoms with Crippen molar-refractivity contribution in [2.45, 2.75) is 39.2 Å². The minimum absolute atomic E-state index is 0.00205. The molecule has 122 valence electrons. The Hall–Kier alpha value is -2.51. The number of ether oxygens (including phenoxy) is 1. The molecule has 2 heterocycles. The van der Waals surface area contributed by atoms with Crippen LogP contribution in [0.25, 0.3) is 5.78 Å². The SMILES string of the molecule is COC(=O)[C@@H](NC(=O)Cc1nc2nc(C)cc(C)n2n1)C1CC1. The first-order chi connectivity index (χ1) is 11.0. The fourth-order valence-corrected chi connectivity index (χ4v) is 2.58. The van der Waals surface area contributed by atoms with Crippen LogP contribution in [0, 0.1) is 19.8 Å².